The number of carboxylic acids is 2. The zero-order valence-electron chi connectivity index (χ0n) is 22.8. The largest absolute Gasteiger partial charge is 0.493 e. The number of para-hydroxylation sites is 1. The number of benzene rings is 2. The lowest BCUT2D eigenvalue weighted by Crippen LogP contribution is -2.45. The van der Waals surface area contributed by atoms with Gasteiger partial charge in [-0.3, -0.25) is 0 Å². The van der Waals surface area contributed by atoms with Crippen molar-refractivity contribution in [2.24, 2.45) is 4.99 Å². The average molecular weight is 578 g/mol. The Balaban J connectivity index is 0.000000611. The molecule has 1 fully saturated rings. The summed E-state index contributed by atoms with van der Waals surface area (Å²) >= 11 is 1.70. The number of piperidine rings is 1. The van der Waals surface area contributed by atoms with E-state index in [0.29, 0.717) is 30.6 Å². The van der Waals surface area contributed by atoms with Crippen molar-refractivity contribution < 1.29 is 33.3 Å². The summed E-state index contributed by atoms with van der Waals surface area (Å²) in [6.45, 7) is 3.83. The van der Waals surface area contributed by atoms with E-state index in [9.17, 15) is 18.4 Å². The number of amidine groups is 1. The van der Waals surface area contributed by atoms with Gasteiger partial charge in [0.05, 0.1) is 12.3 Å². The molecule has 0 aromatic heterocycles. The molecule has 2 N–H and O–H groups in total. The molecule has 218 valence electrons. The molecule has 0 atom stereocenters. The predicted molar refractivity (Wildman–Crippen MR) is 154 cm³/mol. The number of hydrogen-bond donors (Lipinski definition) is 2. The molecule has 2 aromatic rings. The maximum Gasteiger partial charge on any atom is 0.328 e. The van der Waals surface area contributed by atoms with Gasteiger partial charge >= 0.3 is 11.9 Å². The monoisotopic (exact) mass is 577 g/mol. The van der Waals surface area contributed by atoms with E-state index in [0.717, 1.165) is 74.7 Å². The summed E-state index contributed by atoms with van der Waals surface area (Å²) < 4.78 is 31.6. The number of unbranched alkanes of at least 4 members (excludes halogenated alkanes) is 2. The fourth-order valence-corrected chi connectivity index (χ4v) is 4.72. The van der Waals surface area contributed by atoms with Crippen molar-refractivity contribution in [1.29, 1.82) is 0 Å². The van der Waals surface area contributed by atoms with Crippen LogP contribution in [0, 0.1) is 11.6 Å². The molecule has 8 nitrogen and oxygen atoms in total. The molecule has 1 aliphatic rings. The zero-order chi connectivity index (χ0) is 29.3. The third kappa shape index (κ3) is 12.6. The third-order valence-electron chi connectivity index (χ3n) is 6.22. The van der Waals surface area contributed by atoms with Gasteiger partial charge in [0.2, 0.25) is 0 Å². The van der Waals surface area contributed by atoms with E-state index in [1.165, 1.54) is 6.07 Å². The lowest BCUT2D eigenvalue weighted by molar-refractivity contribution is -0.134. The molecule has 2 aromatic carbocycles. The minimum Gasteiger partial charge on any atom is -0.493 e. The fourth-order valence-electron chi connectivity index (χ4n) is 4.08. The van der Waals surface area contributed by atoms with Gasteiger partial charge in [-0.15, -0.1) is 0 Å². The van der Waals surface area contributed by atoms with Gasteiger partial charge in [-0.1, -0.05) is 30.0 Å². The maximum atomic E-state index is 13.2. The first-order valence-electron chi connectivity index (χ1n) is 13.0. The quantitative estimate of drug-likeness (QED) is 0.152. The van der Waals surface area contributed by atoms with Crippen molar-refractivity contribution in [2.45, 2.75) is 38.1 Å². The number of rotatable bonds is 11. The van der Waals surface area contributed by atoms with Crippen LogP contribution in [0.15, 0.2) is 65.7 Å². The van der Waals surface area contributed by atoms with Crippen molar-refractivity contribution in [3.63, 3.8) is 0 Å². The number of halogens is 2. The molecule has 11 heteroatoms. The van der Waals surface area contributed by atoms with Gasteiger partial charge in [-0.2, -0.15) is 0 Å². The van der Waals surface area contributed by atoms with Crippen LogP contribution in [-0.4, -0.2) is 82.7 Å². The smallest absolute Gasteiger partial charge is 0.328 e. The second kappa shape index (κ2) is 18.0. The molecule has 3 rings (SSSR count). The number of aliphatic imine (C=N–C) groups is 1. The van der Waals surface area contributed by atoms with Crippen LogP contribution in [0.3, 0.4) is 0 Å². The maximum absolute atomic E-state index is 13.2. The molecule has 0 radical (unpaired) electrons. The van der Waals surface area contributed by atoms with E-state index in [1.807, 2.05) is 30.3 Å². The van der Waals surface area contributed by atoms with E-state index >= 15 is 0 Å². The zero-order valence-corrected chi connectivity index (χ0v) is 23.7. The van der Waals surface area contributed by atoms with Crippen LogP contribution in [0.1, 0.15) is 32.1 Å². The van der Waals surface area contributed by atoms with Crippen LogP contribution in [0.5, 0.6) is 5.75 Å². The first kappa shape index (κ1) is 32.8. The molecule has 0 spiro atoms. The molecular weight excluding hydrogens is 540 g/mol. The molecule has 0 unspecified atom stereocenters. The van der Waals surface area contributed by atoms with E-state index in [4.69, 9.17) is 19.9 Å². The average Bonchev–Trinajstić information content (AvgIpc) is 2.95. The lowest BCUT2D eigenvalue weighted by atomic mass is 10.0. The summed E-state index contributed by atoms with van der Waals surface area (Å²) in [7, 11) is 2.16. The number of carbonyl (C=O) groups is 2. The van der Waals surface area contributed by atoms with Gasteiger partial charge in [-0.05, 0) is 69.2 Å². The molecule has 0 bridgehead atoms. The van der Waals surface area contributed by atoms with Crippen molar-refractivity contribution >= 4 is 34.6 Å². The normalized spacial score (nSPS) is 14.4. The standard InChI is InChI=1S/C25H33F2N3OS.C4H4O4/c1-29(25(32-2)28-20-9-5-3-6-10-20)21-13-16-30(17-14-21)15-7-4-8-18-31-22-11-12-23(26)24(27)19-22;5-3(6)1-2-4(7)8/h3,5-6,9-12,19,21H,4,7-8,13-18H2,1-2H3;1-2H,(H,5,6)(H,7,8). The number of hydrogen-bond acceptors (Lipinski definition) is 6. The van der Waals surface area contributed by atoms with Gasteiger partial charge in [0.15, 0.2) is 16.8 Å². The van der Waals surface area contributed by atoms with Crippen molar-refractivity contribution in [3.8, 4) is 5.75 Å². The van der Waals surface area contributed by atoms with E-state index in [2.05, 4.69) is 23.1 Å². The van der Waals surface area contributed by atoms with Gasteiger partial charge in [0.1, 0.15) is 5.75 Å². The predicted octanol–water partition coefficient (Wildman–Crippen LogP) is 5.67. The van der Waals surface area contributed by atoms with Crippen molar-refractivity contribution in [2.75, 3.05) is 39.5 Å². The highest BCUT2D eigenvalue weighted by Crippen LogP contribution is 2.22. The number of thioether (sulfide) groups is 1. The first-order chi connectivity index (χ1) is 19.2. The molecule has 1 aliphatic heterocycles. The summed E-state index contributed by atoms with van der Waals surface area (Å²) in [5, 5.41) is 16.7. The SMILES string of the molecule is CSC(=Nc1ccccc1)N(C)C1CCN(CCCCCOc2ccc(F)c(F)c2)CC1.O=C(O)C=CC(=O)O. The van der Waals surface area contributed by atoms with E-state index < -0.39 is 23.6 Å². The van der Waals surface area contributed by atoms with Gasteiger partial charge in [-0.25, -0.2) is 23.4 Å². The Morgan fingerprint density at radius 1 is 1.02 bits per heavy atom. The minimum atomic E-state index is -1.26. The Hall–Kier alpha value is -3.44. The third-order valence-corrected chi connectivity index (χ3v) is 6.96. The first-order valence-corrected chi connectivity index (χ1v) is 14.3. The summed E-state index contributed by atoms with van der Waals surface area (Å²) in [5.74, 6) is -3.84. The van der Waals surface area contributed by atoms with Gasteiger partial charge in [0, 0.05) is 44.4 Å². The topological polar surface area (TPSA) is 103 Å². The Morgan fingerprint density at radius 2 is 1.68 bits per heavy atom. The van der Waals surface area contributed by atoms with Crippen molar-refractivity contribution in [1.82, 2.24) is 9.80 Å². The Bertz CT molecular complexity index is 1110. The van der Waals surface area contributed by atoms with Gasteiger partial charge in [0.25, 0.3) is 0 Å². The van der Waals surface area contributed by atoms with Crippen LogP contribution in [-0.2, 0) is 9.59 Å². The molecule has 0 saturated carbocycles. The highest BCUT2D eigenvalue weighted by Gasteiger charge is 2.24. The number of ether oxygens (including phenoxy) is 1. The second-order valence-corrected chi connectivity index (χ2v) is 9.89. The van der Waals surface area contributed by atoms with Crippen molar-refractivity contribution in [3.05, 3.63) is 72.3 Å². The minimum absolute atomic E-state index is 0.385. The molecule has 0 aliphatic carbocycles. The summed E-state index contributed by atoms with van der Waals surface area (Å²) in [5.41, 5.74) is 0.995. The molecule has 0 amide bonds. The number of aliphatic carboxylic acids is 2. The Morgan fingerprint density at radius 3 is 2.25 bits per heavy atom. The Labute approximate surface area is 238 Å². The number of likely N-dealkylation sites (tertiary alicyclic amines) is 1. The second-order valence-electron chi connectivity index (χ2n) is 9.11. The van der Waals surface area contributed by atoms with Crippen LogP contribution in [0.4, 0.5) is 14.5 Å². The van der Waals surface area contributed by atoms with Gasteiger partial charge < -0.3 is 24.7 Å². The van der Waals surface area contributed by atoms with Crippen LogP contribution < -0.4 is 4.74 Å². The molecular formula is C29H37F2N3O5S. The van der Waals surface area contributed by atoms with Crippen LogP contribution in [0.25, 0.3) is 0 Å². The summed E-state index contributed by atoms with van der Waals surface area (Å²) in [4.78, 5) is 28.8. The fraction of sp³-hybridized carbons (Fsp3) is 0.414. The van der Waals surface area contributed by atoms with E-state index in [1.54, 1.807) is 11.8 Å². The summed E-state index contributed by atoms with van der Waals surface area (Å²) in [6.07, 6.45) is 8.57. The van der Waals surface area contributed by atoms with Crippen LogP contribution in [0.2, 0.25) is 0 Å². The highest BCUT2D eigenvalue weighted by atomic mass is 32.2. The number of nitrogens with zero attached hydrogens (tertiary/aromatic N) is 3. The summed E-state index contributed by atoms with van der Waals surface area (Å²) in [6, 6.07) is 14.3. The molecule has 1 saturated heterocycles. The molecule has 1 heterocycles. The Kier molecular flexibility index (Phi) is 14.8. The van der Waals surface area contributed by atoms with Crippen LogP contribution >= 0.6 is 11.8 Å². The van der Waals surface area contributed by atoms with E-state index in [-0.39, 0.29) is 0 Å². The number of carboxylic acid groups (broad SMARTS) is 2. The lowest BCUT2D eigenvalue weighted by Gasteiger charge is -2.37. The highest BCUT2D eigenvalue weighted by molar-refractivity contribution is 8.13. The molecule has 40 heavy (non-hydrogen) atoms.